The van der Waals surface area contributed by atoms with Gasteiger partial charge in [0.1, 0.15) is 0 Å². The second kappa shape index (κ2) is 6.04. The van der Waals surface area contributed by atoms with Crippen molar-refractivity contribution in [2.24, 2.45) is 5.73 Å². The van der Waals surface area contributed by atoms with Crippen LogP contribution in [0.5, 0.6) is 0 Å². The van der Waals surface area contributed by atoms with Crippen molar-refractivity contribution in [2.75, 3.05) is 13.6 Å². The molecule has 3 heteroatoms. The van der Waals surface area contributed by atoms with E-state index in [9.17, 15) is 0 Å². The molecule has 0 radical (unpaired) electrons. The molecule has 106 valence electrons. The van der Waals surface area contributed by atoms with E-state index in [0.29, 0.717) is 12.6 Å². The number of hydrogen-bond acceptors (Lipinski definition) is 3. The molecule has 1 aromatic carbocycles. The van der Waals surface area contributed by atoms with Crippen LogP contribution in [-0.2, 0) is 17.8 Å². The minimum absolute atomic E-state index is 0.0638. The Hall–Kier alpha value is -0.900. The third-order valence-electron chi connectivity index (χ3n) is 3.78. The molecule has 1 aromatic rings. The number of rotatable bonds is 5. The highest BCUT2D eigenvalue weighted by atomic mass is 16.5. The summed E-state index contributed by atoms with van der Waals surface area (Å²) < 4.78 is 6.04. The van der Waals surface area contributed by atoms with Crippen LogP contribution in [0.15, 0.2) is 24.3 Å². The monoisotopic (exact) mass is 262 g/mol. The zero-order valence-corrected chi connectivity index (χ0v) is 12.4. The van der Waals surface area contributed by atoms with E-state index < -0.39 is 0 Å². The topological polar surface area (TPSA) is 38.5 Å². The summed E-state index contributed by atoms with van der Waals surface area (Å²) in [5.74, 6) is 0. The summed E-state index contributed by atoms with van der Waals surface area (Å²) in [5, 5.41) is 0. The summed E-state index contributed by atoms with van der Waals surface area (Å²) in [7, 11) is 2.16. The average Bonchev–Trinajstić information content (AvgIpc) is 2.69. The SMILES string of the molecule is CN(Cc1ccc(CN)cc1)CC1CCC(C)(C)O1. The molecule has 0 aliphatic carbocycles. The lowest BCUT2D eigenvalue weighted by Crippen LogP contribution is -2.30. The molecule has 1 fully saturated rings. The fraction of sp³-hybridized carbons (Fsp3) is 0.625. The van der Waals surface area contributed by atoms with Gasteiger partial charge in [0, 0.05) is 19.6 Å². The van der Waals surface area contributed by atoms with Crippen LogP contribution in [0.4, 0.5) is 0 Å². The minimum atomic E-state index is 0.0638. The number of ether oxygens (including phenoxy) is 1. The molecule has 1 atom stereocenters. The van der Waals surface area contributed by atoms with E-state index in [2.05, 4.69) is 50.1 Å². The highest BCUT2D eigenvalue weighted by molar-refractivity contribution is 5.22. The van der Waals surface area contributed by atoms with Gasteiger partial charge in [0.25, 0.3) is 0 Å². The Kier molecular flexibility index (Phi) is 4.61. The lowest BCUT2D eigenvalue weighted by molar-refractivity contribution is -0.0267. The predicted octanol–water partition coefficient (Wildman–Crippen LogP) is 2.53. The summed E-state index contributed by atoms with van der Waals surface area (Å²) in [6.07, 6.45) is 2.71. The maximum atomic E-state index is 6.04. The molecule has 0 spiro atoms. The highest BCUT2D eigenvalue weighted by Crippen LogP contribution is 2.29. The fourth-order valence-electron chi connectivity index (χ4n) is 2.71. The Bertz CT molecular complexity index is 400. The van der Waals surface area contributed by atoms with Crippen LogP contribution in [-0.4, -0.2) is 30.2 Å². The van der Waals surface area contributed by atoms with Crippen LogP contribution in [0.2, 0.25) is 0 Å². The highest BCUT2D eigenvalue weighted by Gasteiger charge is 2.31. The number of nitrogens with zero attached hydrogens (tertiary/aromatic N) is 1. The van der Waals surface area contributed by atoms with Gasteiger partial charge in [0.2, 0.25) is 0 Å². The molecule has 2 rings (SSSR count). The third kappa shape index (κ3) is 4.30. The van der Waals surface area contributed by atoms with Gasteiger partial charge in [0.05, 0.1) is 11.7 Å². The molecule has 0 saturated carbocycles. The first-order valence-corrected chi connectivity index (χ1v) is 7.13. The molecule has 19 heavy (non-hydrogen) atoms. The van der Waals surface area contributed by atoms with Crippen LogP contribution < -0.4 is 5.73 Å². The third-order valence-corrected chi connectivity index (χ3v) is 3.78. The van der Waals surface area contributed by atoms with Gasteiger partial charge in [-0.05, 0) is 44.9 Å². The van der Waals surface area contributed by atoms with E-state index in [1.165, 1.54) is 17.5 Å². The smallest absolute Gasteiger partial charge is 0.0710 e. The summed E-state index contributed by atoms with van der Waals surface area (Å²) >= 11 is 0. The number of benzene rings is 1. The van der Waals surface area contributed by atoms with Crippen molar-refractivity contribution in [3.05, 3.63) is 35.4 Å². The quantitative estimate of drug-likeness (QED) is 0.886. The maximum Gasteiger partial charge on any atom is 0.0710 e. The summed E-state index contributed by atoms with van der Waals surface area (Å²) in [6, 6.07) is 8.55. The normalized spacial score (nSPS) is 22.1. The van der Waals surface area contributed by atoms with Crippen LogP contribution in [0.25, 0.3) is 0 Å². The van der Waals surface area contributed by atoms with Crippen molar-refractivity contribution in [1.29, 1.82) is 0 Å². The molecule has 0 aromatic heterocycles. The molecule has 1 unspecified atom stereocenters. The Morgan fingerprint density at radius 3 is 2.42 bits per heavy atom. The number of nitrogens with two attached hydrogens (primary N) is 1. The Morgan fingerprint density at radius 2 is 1.89 bits per heavy atom. The van der Waals surface area contributed by atoms with E-state index in [4.69, 9.17) is 10.5 Å². The lowest BCUT2D eigenvalue weighted by atomic mass is 10.1. The molecule has 1 aliphatic heterocycles. The second-order valence-corrected chi connectivity index (χ2v) is 6.26. The minimum Gasteiger partial charge on any atom is -0.371 e. The van der Waals surface area contributed by atoms with Crippen LogP contribution >= 0.6 is 0 Å². The average molecular weight is 262 g/mol. The van der Waals surface area contributed by atoms with Gasteiger partial charge >= 0.3 is 0 Å². The largest absolute Gasteiger partial charge is 0.371 e. The summed E-state index contributed by atoms with van der Waals surface area (Å²) in [4.78, 5) is 2.34. The van der Waals surface area contributed by atoms with Crippen molar-refractivity contribution >= 4 is 0 Å². The van der Waals surface area contributed by atoms with Crippen molar-refractivity contribution in [2.45, 2.75) is 51.5 Å². The van der Waals surface area contributed by atoms with Crippen molar-refractivity contribution < 1.29 is 4.74 Å². The molecular formula is C16H26N2O. The van der Waals surface area contributed by atoms with Crippen LogP contribution in [0.3, 0.4) is 0 Å². The molecule has 1 saturated heterocycles. The molecule has 2 N–H and O–H groups in total. The first-order chi connectivity index (χ1) is 8.98. The van der Waals surface area contributed by atoms with Crippen molar-refractivity contribution in [3.8, 4) is 0 Å². The van der Waals surface area contributed by atoms with Gasteiger partial charge in [-0.2, -0.15) is 0 Å². The van der Waals surface area contributed by atoms with Crippen molar-refractivity contribution in [1.82, 2.24) is 4.90 Å². The molecule has 1 aliphatic rings. The molecular weight excluding hydrogens is 236 g/mol. The number of likely N-dealkylation sites (N-methyl/N-ethyl adjacent to an activating group) is 1. The predicted molar refractivity (Wildman–Crippen MR) is 78.9 cm³/mol. The molecule has 1 heterocycles. The second-order valence-electron chi connectivity index (χ2n) is 6.26. The lowest BCUT2D eigenvalue weighted by Gasteiger charge is -2.23. The van der Waals surface area contributed by atoms with Crippen LogP contribution in [0, 0.1) is 0 Å². The Labute approximate surface area is 116 Å². The zero-order valence-electron chi connectivity index (χ0n) is 12.4. The number of hydrogen-bond donors (Lipinski definition) is 1. The van der Waals surface area contributed by atoms with E-state index in [0.717, 1.165) is 19.5 Å². The van der Waals surface area contributed by atoms with Gasteiger partial charge in [-0.15, -0.1) is 0 Å². The van der Waals surface area contributed by atoms with Gasteiger partial charge in [-0.1, -0.05) is 24.3 Å². The first kappa shape index (κ1) is 14.5. The summed E-state index contributed by atoms with van der Waals surface area (Å²) in [6.45, 7) is 6.94. The standard InChI is InChI=1S/C16H26N2O/c1-16(2)9-8-15(19-16)12-18(3)11-14-6-4-13(10-17)5-7-14/h4-7,15H,8-12,17H2,1-3H3. The van der Waals surface area contributed by atoms with Gasteiger partial charge in [0.15, 0.2) is 0 Å². The zero-order chi connectivity index (χ0) is 13.9. The Morgan fingerprint density at radius 1 is 1.26 bits per heavy atom. The summed E-state index contributed by atoms with van der Waals surface area (Å²) in [5.41, 5.74) is 8.19. The fourth-order valence-corrected chi connectivity index (χ4v) is 2.71. The van der Waals surface area contributed by atoms with Gasteiger partial charge in [-0.3, -0.25) is 4.90 Å². The van der Waals surface area contributed by atoms with Gasteiger partial charge in [-0.25, -0.2) is 0 Å². The van der Waals surface area contributed by atoms with Gasteiger partial charge < -0.3 is 10.5 Å². The van der Waals surface area contributed by atoms with Crippen molar-refractivity contribution in [3.63, 3.8) is 0 Å². The molecule has 3 nitrogen and oxygen atoms in total. The van der Waals surface area contributed by atoms with Crippen LogP contribution in [0.1, 0.15) is 37.8 Å². The Balaban J connectivity index is 1.82. The molecule has 0 amide bonds. The van der Waals surface area contributed by atoms with E-state index in [-0.39, 0.29) is 5.60 Å². The van der Waals surface area contributed by atoms with E-state index >= 15 is 0 Å². The van der Waals surface area contributed by atoms with E-state index in [1.54, 1.807) is 0 Å². The van der Waals surface area contributed by atoms with E-state index in [1.807, 2.05) is 0 Å². The maximum absolute atomic E-state index is 6.04. The first-order valence-electron chi connectivity index (χ1n) is 7.13. The molecule has 0 bridgehead atoms.